The van der Waals surface area contributed by atoms with Crippen LogP contribution >= 0.6 is 0 Å². The first-order chi connectivity index (χ1) is 18.4. The molecule has 0 spiro atoms. The molecule has 0 unspecified atom stereocenters. The lowest BCUT2D eigenvalue weighted by Crippen LogP contribution is -2.33. The maximum Gasteiger partial charge on any atom is 0.271 e. The summed E-state index contributed by atoms with van der Waals surface area (Å²) in [5.74, 6) is -0.421. The van der Waals surface area contributed by atoms with Gasteiger partial charge < -0.3 is 25.3 Å². The molecule has 3 N–H and O–H groups in total. The van der Waals surface area contributed by atoms with Gasteiger partial charge in [0.25, 0.3) is 11.6 Å². The van der Waals surface area contributed by atoms with Crippen LogP contribution in [0.2, 0.25) is 0 Å². The number of ether oxygens (including phenoxy) is 3. The number of carbonyl (C=O) groups excluding carboxylic acids is 2. The summed E-state index contributed by atoms with van der Waals surface area (Å²) in [7, 11) is 1.43. The van der Waals surface area contributed by atoms with Crippen LogP contribution < -0.4 is 20.5 Å². The van der Waals surface area contributed by atoms with E-state index >= 15 is 0 Å². The van der Waals surface area contributed by atoms with Gasteiger partial charge in [0.2, 0.25) is 5.88 Å². The highest BCUT2D eigenvalue weighted by atomic mass is 16.6. The largest absolute Gasteiger partial charge is 0.493 e. The topological polar surface area (TPSA) is 167 Å². The fraction of sp³-hybridized carbons (Fsp3) is 0.321. The summed E-state index contributed by atoms with van der Waals surface area (Å²) in [5, 5.41) is 23.5. The Kier molecular flexibility index (Phi) is 7.31. The highest BCUT2D eigenvalue weighted by Gasteiger charge is 2.43. The van der Waals surface area contributed by atoms with Crippen molar-refractivity contribution in [3.8, 4) is 17.6 Å². The molecule has 11 nitrogen and oxygen atoms in total. The van der Waals surface area contributed by atoms with Gasteiger partial charge in [-0.3, -0.25) is 19.7 Å². The number of hydrogen-bond donors (Lipinski definition) is 2. The van der Waals surface area contributed by atoms with Gasteiger partial charge in [0.05, 0.1) is 23.6 Å². The molecule has 4 rings (SSSR count). The molecule has 0 radical (unpaired) electrons. The van der Waals surface area contributed by atoms with Gasteiger partial charge in [0.15, 0.2) is 23.9 Å². The molecule has 2 aromatic rings. The van der Waals surface area contributed by atoms with Gasteiger partial charge >= 0.3 is 0 Å². The summed E-state index contributed by atoms with van der Waals surface area (Å²) in [5.41, 5.74) is 7.72. The minimum atomic E-state index is -0.731. The van der Waals surface area contributed by atoms with E-state index in [2.05, 4.69) is 11.4 Å². The first kappa shape index (κ1) is 27.2. The molecule has 11 heteroatoms. The van der Waals surface area contributed by atoms with Crippen molar-refractivity contribution >= 4 is 23.1 Å². The van der Waals surface area contributed by atoms with Gasteiger partial charge in [0.1, 0.15) is 17.4 Å². The van der Waals surface area contributed by atoms with Crippen LogP contribution in [-0.4, -0.2) is 30.3 Å². The molecule has 0 bridgehead atoms. The lowest BCUT2D eigenvalue weighted by molar-refractivity contribution is -0.384. The minimum Gasteiger partial charge on any atom is -0.493 e. The van der Waals surface area contributed by atoms with Crippen molar-refractivity contribution in [2.45, 2.75) is 39.5 Å². The van der Waals surface area contributed by atoms with Crippen LogP contribution in [0.15, 0.2) is 59.2 Å². The van der Waals surface area contributed by atoms with Gasteiger partial charge in [-0.05, 0) is 35.6 Å². The molecule has 1 atom stereocenters. The van der Waals surface area contributed by atoms with Crippen molar-refractivity contribution in [3.05, 3.63) is 80.4 Å². The second-order valence-electron chi connectivity index (χ2n) is 10.2. The summed E-state index contributed by atoms with van der Waals surface area (Å²) in [4.78, 5) is 36.2. The SMILES string of the molecule is COc1cc([C@@H]2C(C#N)=C(N)OC3=C2C(=O)CC(C)(C)C3)ccc1OCC(=O)Nc1cc([N+](=O)[O-])ccc1C. The van der Waals surface area contributed by atoms with Gasteiger partial charge in [-0.1, -0.05) is 26.0 Å². The van der Waals surface area contributed by atoms with Crippen LogP contribution in [0.3, 0.4) is 0 Å². The predicted molar refractivity (Wildman–Crippen MR) is 141 cm³/mol. The average Bonchev–Trinajstić information content (AvgIpc) is 2.87. The highest BCUT2D eigenvalue weighted by Crippen LogP contribution is 2.48. The Morgan fingerprint density at radius 3 is 2.67 bits per heavy atom. The first-order valence-corrected chi connectivity index (χ1v) is 12.1. The number of amides is 1. The molecular weight excluding hydrogens is 504 g/mol. The quantitative estimate of drug-likeness (QED) is 0.388. The summed E-state index contributed by atoms with van der Waals surface area (Å²) >= 11 is 0. The Balaban J connectivity index is 1.58. The number of benzene rings is 2. The molecule has 0 fully saturated rings. The molecule has 202 valence electrons. The van der Waals surface area contributed by atoms with Crippen LogP contribution in [0.4, 0.5) is 11.4 Å². The first-order valence-electron chi connectivity index (χ1n) is 12.1. The van der Waals surface area contributed by atoms with E-state index in [-0.39, 0.29) is 39.8 Å². The molecular formula is C28H28N4O7. The molecule has 1 aliphatic heterocycles. The number of nitrogens with zero attached hydrogens (tertiary/aromatic N) is 2. The lowest BCUT2D eigenvalue weighted by Gasteiger charge is -2.37. The molecule has 0 saturated carbocycles. The smallest absolute Gasteiger partial charge is 0.271 e. The number of aryl methyl sites for hydroxylation is 1. The Morgan fingerprint density at radius 2 is 2.00 bits per heavy atom. The van der Waals surface area contributed by atoms with Crippen molar-refractivity contribution in [1.29, 1.82) is 5.26 Å². The number of nitro groups is 1. The van der Waals surface area contributed by atoms with Crippen molar-refractivity contribution in [3.63, 3.8) is 0 Å². The van der Waals surface area contributed by atoms with E-state index in [9.17, 15) is 25.0 Å². The monoisotopic (exact) mass is 532 g/mol. The average molecular weight is 533 g/mol. The van der Waals surface area contributed by atoms with Crippen molar-refractivity contribution in [2.75, 3.05) is 19.0 Å². The summed E-state index contributed by atoms with van der Waals surface area (Å²) < 4.78 is 16.9. The zero-order valence-electron chi connectivity index (χ0n) is 22.0. The maximum absolute atomic E-state index is 13.2. The number of rotatable bonds is 7. The number of Topliss-reactive ketones (excluding diaryl/α,β-unsaturated/α-hetero) is 1. The van der Waals surface area contributed by atoms with Gasteiger partial charge in [0, 0.05) is 30.5 Å². The van der Waals surface area contributed by atoms with E-state index in [1.807, 2.05) is 13.8 Å². The molecule has 39 heavy (non-hydrogen) atoms. The third-order valence-corrected chi connectivity index (χ3v) is 6.66. The van der Waals surface area contributed by atoms with Crippen LogP contribution in [0.5, 0.6) is 11.5 Å². The second kappa shape index (κ2) is 10.5. The van der Waals surface area contributed by atoms with Gasteiger partial charge in [-0.15, -0.1) is 0 Å². The van der Waals surface area contributed by atoms with Crippen molar-refractivity contribution in [1.82, 2.24) is 0 Å². The third kappa shape index (κ3) is 5.55. The number of anilines is 1. The number of non-ortho nitro benzene ring substituents is 1. The summed E-state index contributed by atoms with van der Waals surface area (Å²) in [6.07, 6.45) is 0.809. The van der Waals surface area contributed by atoms with E-state index in [0.717, 1.165) is 0 Å². The van der Waals surface area contributed by atoms with Gasteiger partial charge in [-0.25, -0.2) is 0 Å². The Morgan fingerprint density at radius 1 is 1.26 bits per heavy atom. The molecule has 0 aromatic heterocycles. The van der Waals surface area contributed by atoms with E-state index in [1.165, 1.54) is 19.2 Å². The van der Waals surface area contributed by atoms with Crippen LogP contribution in [-0.2, 0) is 14.3 Å². The highest BCUT2D eigenvalue weighted by molar-refractivity contribution is 6.00. The zero-order chi connectivity index (χ0) is 28.5. The number of carbonyl (C=O) groups is 2. The molecule has 1 heterocycles. The lowest BCUT2D eigenvalue weighted by atomic mass is 9.70. The Labute approximate surface area is 225 Å². The standard InChI is InChI=1S/C28H28N4O7/c1-15-5-7-17(32(35)36)10-19(15)31-24(34)14-38-21-8-6-16(9-22(21)37-4)25-18(13-29)27(30)39-23-12-28(2,3)11-20(33)26(23)25/h5-10,25H,11-12,14,30H2,1-4H3,(H,31,34)/t25-/m1/s1. The van der Waals surface area contributed by atoms with E-state index in [0.29, 0.717) is 41.0 Å². The zero-order valence-corrected chi connectivity index (χ0v) is 22.0. The number of nitrogens with two attached hydrogens (primary N) is 1. The molecule has 0 saturated heterocycles. The number of nitriles is 1. The molecule has 1 aliphatic carbocycles. The summed E-state index contributed by atoms with van der Waals surface area (Å²) in [6, 6.07) is 11.2. The normalized spacial score (nSPS) is 18.0. The molecule has 1 amide bonds. The molecule has 2 aliphatic rings. The number of allylic oxidation sites excluding steroid dienone is 3. The van der Waals surface area contributed by atoms with Crippen molar-refractivity contribution < 1.29 is 28.7 Å². The Hall–Kier alpha value is -4.85. The van der Waals surface area contributed by atoms with Crippen LogP contribution in [0.1, 0.15) is 43.7 Å². The number of ketones is 1. The fourth-order valence-electron chi connectivity index (χ4n) is 4.79. The van der Waals surface area contributed by atoms with E-state index in [1.54, 1.807) is 31.2 Å². The second-order valence-corrected chi connectivity index (χ2v) is 10.2. The molecule has 2 aromatic carbocycles. The number of hydrogen-bond acceptors (Lipinski definition) is 9. The maximum atomic E-state index is 13.2. The fourth-order valence-corrected chi connectivity index (χ4v) is 4.79. The number of nitro benzene ring substituents is 1. The Bertz CT molecular complexity index is 1480. The van der Waals surface area contributed by atoms with E-state index in [4.69, 9.17) is 19.9 Å². The number of methoxy groups -OCH3 is 1. The predicted octanol–water partition coefficient (Wildman–Crippen LogP) is 4.38. The minimum absolute atomic E-state index is 0.0424. The third-order valence-electron chi connectivity index (χ3n) is 6.66. The summed E-state index contributed by atoms with van der Waals surface area (Å²) in [6.45, 7) is 5.26. The van der Waals surface area contributed by atoms with Crippen LogP contribution in [0, 0.1) is 33.8 Å². The number of nitrogens with one attached hydrogen (secondary N) is 1. The van der Waals surface area contributed by atoms with Crippen molar-refractivity contribution in [2.24, 2.45) is 11.1 Å². The van der Waals surface area contributed by atoms with Gasteiger partial charge in [-0.2, -0.15) is 5.26 Å². The van der Waals surface area contributed by atoms with E-state index < -0.39 is 23.4 Å². The van der Waals surface area contributed by atoms with Crippen LogP contribution in [0.25, 0.3) is 0 Å².